The summed E-state index contributed by atoms with van der Waals surface area (Å²) in [5.74, 6) is -0.755. The van der Waals surface area contributed by atoms with Gasteiger partial charge >= 0.3 is 5.97 Å². The number of esters is 1. The van der Waals surface area contributed by atoms with Crippen LogP contribution in [0.15, 0.2) is 47.1 Å². The number of nitrogens with one attached hydrogen (secondary N) is 1. The maximum Gasteiger partial charge on any atom is 0.358 e. The van der Waals surface area contributed by atoms with Gasteiger partial charge in [-0.2, -0.15) is 0 Å². The Labute approximate surface area is 183 Å². The van der Waals surface area contributed by atoms with Crippen LogP contribution in [0.4, 0.5) is 5.69 Å². The fourth-order valence-electron chi connectivity index (χ4n) is 2.91. The molecule has 31 heavy (non-hydrogen) atoms. The van der Waals surface area contributed by atoms with Crippen molar-refractivity contribution in [1.82, 2.24) is 9.88 Å². The maximum atomic E-state index is 12.5. The summed E-state index contributed by atoms with van der Waals surface area (Å²) in [7, 11) is 0. The minimum Gasteiger partial charge on any atom is -0.462 e. The average molecular weight is 442 g/mol. The van der Waals surface area contributed by atoms with Crippen LogP contribution in [0.2, 0.25) is 0 Å². The van der Waals surface area contributed by atoms with Crippen molar-refractivity contribution in [3.8, 4) is 10.8 Å². The number of hydrogen-bond donors (Lipinski definition) is 1. The zero-order chi connectivity index (χ0) is 22.4. The number of benzene rings is 1. The third kappa shape index (κ3) is 5.37. The lowest BCUT2D eigenvalue weighted by atomic mass is 10.1. The number of amides is 2. The van der Waals surface area contributed by atoms with Crippen molar-refractivity contribution in [3.05, 3.63) is 58.8 Å². The Morgan fingerprint density at radius 1 is 1.16 bits per heavy atom. The first-order valence-electron chi connectivity index (χ1n) is 9.80. The Kier molecular flexibility index (Phi) is 7.19. The summed E-state index contributed by atoms with van der Waals surface area (Å²) in [6.07, 6.45) is 1.53. The van der Waals surface area contributed by atoms with Crippen LogP contribution < -0.4 is 5.32 Å². The molecule has 1 N–H and O–H groups in total. The van der Waals surface area contributed by atoms with E-state index in [0.29, 0.717) is 40.0 Å². The molecular formula is C22H23N3O5S. The minimum absolute atomic E-state index is 0.112. The molecule has 0 aliphatic heterocycles. The van der Waals surface area contributed by atoms with E-state index in [-0.39, 0.29) is 11.6 Å². The number of ether oxygens (including phenoxy) is 1. The number of thiazole rings is 1. The van der Waals surface area contributed by atoms with Crippen molar-refractivity contribution in [3.63, 3.8) is 0 Å². The van der Waals surface area contributed by atoms with Gasteiger partial charge in [-0.1, -0.05) is 6.07 Å². The summed E-state index contributed by atoms with van der Waals surface area (Å²) in [6.45, 7) is 6.28. The fraction of sp³-hybridized carbons (Fsp3) is 0.273. The zero-order valence-electron chi connectivity index (χ0n) is 17.5. The molecule has 0 bridgehead atoms. The van der Waals surface area contributed by atoms with Gasteiger partial charge in [0.05, 0.1) is 6.26 Å². The van der Waals surface area contributed by atoms with E-state index in [1.165, 1.54) is 17.6 Å². The van der Waals surface area contributed by atoms with E-state index in [2.05, 4.69) is 10.3 Å². The average Bonchev–Trinajstić information content (AvgIpc) is 3.43. The van der Waals surface area contributed by atoms with E-state index in [4.69, 9.17) is 9.15 Å². The minimum atomic E-state index is -0.688. The Hall–Kier alpha value is -3.46. The van der Waals surface area contributed by atoms with Gasteiger partial charge in [0.1, 0.15) is 0 Å². The molecule has 0 spiro atoms. The van der Waals surface area contributed by atoms with E-state index >= 15 is 0 Å². The molecule has 0 aliphatic rings. The van der Waals surface area contributed by atoms with Gasteiger partial charge in [-0.15, -0.1) is 11.3 Å². The van der Waals surface area contributed by atoms with Crippen molar-refractivity contribution < 1.29 is 23.5 Å². The van der Waals surface area contributed by atoms with Crippen LogP contribution in [0.5, 0.6) is 0 Å². The molecule has 1 aromatic carbocycles. The van der Waals surface area contributed by atoms with Crippen molar-refractivity contribution in [1.29, 1.82) is 0 Å². The molecule has 0 unspecified atom stereocenters. The highest BCUT2D eigenvalue weighted by molar-refractivity contribution is 7.15. The third-order valence-electron chi connectivity index (χ3n) is 4.50. The molecule has 0 radical (unpaired) electrons. The largest absolute Gasteiger partial charge is 0.462 e. The second kappa shape index (κ2) is 10.0. The molecule has 0 atom stereocenters. The predicted octanol–water partition coefficient (Wildman–Crippen LogP) is 3.99. The second-order valence-electron chi connectivity index (χ2n) is 6.58. The Morgan fingerprint density at radius 2 is 1.94 bits per heavy atom. The molecule has 9 heteroatoms. The van der Waals surface area contributed by atoms with Crippen LogP contribution in [-0.4, -0.2) is 47.4 Å². The van der Waals surface area contributed by atoms with Crippen molar-refractivity contribution in [2.24, 2.45) is 0 Å². The van der Waals surface area contributed by atoms with Gasteiger partial charge < -0.3 is 19.4 Å². The van der Waals surface area contributed by atoms with E-state index < -0.39 is 18.5 Å². The van der Waals surface area contributed by atoms with Gasteiger partial charge in [0.15, 0.2) is 23.1 Å². The van der Waals surface area contributed by atoms with E-state index in [0.717, 1.165) is 0 Å². The predicted molar refractivity (Wildman–Crippen MR) is 117 cm³/mol. The first-order chi connectivity index (χ1) is 14.9. The van der Waals surface area contributed by atoms with Crippen LogP contribution in [0, 0.1) is 6.92 Å². The fourth-order valence-corrected chi connectivity index (χ4v) is 3.78. The van der Waals surface area contributed by atoms with Crippen molar-refractivity contribution >= 4 is 34.8 Å². The number of nitrogens with zero attached hydrogens (tertiary/aromatic N) is 2. The van der Waals surface area contributed by atoms with Crippen LogP contribution >= 0.6 is 11.3 Å². The maximum absolute atomic E-state index is 12.5. The lowest BCUT2D eigenvalue weighted by molar-refractivity contribution is -0.119. The van der Waals surface area contributed by atoms with Gasteiger partial charge in [0.2, 0.25) is 0 Å². The van der Waals surface area contributed by atoms with Gasteiger partial charge in [0, 0.05) is 29.2 Å². The molecule has 2 amide bonds. The molecule has 3 rings (SSSR count). The first kappa shape index (κ1) is 22.2. The Bertz CT molecular complexity index is 1070. The van der Waals surface area contributed by atoms with Crippen LogP contribution in [0.25, 0.3) is 10.8 Å². The lowest BCUT2D eigenvalue weighted by Gasteiger charge is -2.19. The summed E-state index contributed by atoms with van der Waals surface area (Å²) in [6, 6.07) is 10.1. The summed E-state index contributed by atoms with van der Waals surface area (Å²) < 4.78 is 10.4. The van der Waals surface area contributed by atoms with Gasteiger partial charge in [-0.3, -0.25) is 9.59 Å². The second-order valence-corrected chi connectivity index (χ2v) is 7.79. The highest BCUT2D eigenvalue weighted by Crippen LogP contribution is 2.28. The molecule has 2 heterocycles. The Balaban J connectivity index is 1.59. The van der Waals surface area contributed by atoms with Crippen molar-refractivity contribution in [2.45, 2.75) is 20.8 Å². The highest BCUT2D eigenvalue weighted by atomic mass is 32.1. The molecule has 0 aliphatic carbocycles. The number of rotatable bonds is 8. The summed E-state index contributed by atoms with van der Waals surface area (Å²) in [5, 5.41) is 3.20. The lowest BCUT2D eigenvalue weighted by Crippen LogP contribution is -2.30. The summed E-state index contributed by atoms with van der Waals surface area (Å²) in [4.78, 5) is 43.7. The monoisotopic (exact) mass is 441 g/mol. The number of aromatic nitrogens is 1. The topological polar surface area (TPSA) is 102 Å². The number of anilines is 1. The SMILES string of the molecule is CCN(CC)C(=O)c1cccc(NC(=O)COC(=O)c2nc(-c3ccco3)sc2C)c1. The molecular weight excluding hydrogens is 418 g/mol. The molecule has 0 saturated heterocycles. The van der Waals surface area contributed by atoms with E-state index in [9.17, 15) is 14.4 Å². The molecule has 3 aromatic rings. The quantitative estimate of drug-likeness (QED) is 0.531. The number of hydrogen-bond acceptors (Lipinski definition) is 7. The van der Waals surface area contributed by atoms with Gasteiger partial charge in [-0.05, 0) is 51.1 Å². The van der Waals surface area contributed by atoms with Crippen molar-refractivity contribution in [2.75, 3.05) is 25.0 Å². The molecule has 8 nitrogen and oxygen atoms in total. The normalized spacial score (nSPS) is 10.5. The number of furan rings is 1. The molecule has 2 aromatic heterocycles. The van der Waals surface area contributed by atoms with E-state index in [1.54, 1.807) is 48.2 Å². The summed E-state index contributed by atoms with van der Waals surface area (Å²) in [5.41, 5.74) is 1.07. The first-order valence-corrected chi connectivity index (χ1v) is 10.6. The van der Waals surface area contributed by atoms with Gasteiger partial charge in [-0.25, -0.2) is 9.78 Å². The smallest absolute Gasteiger partial charge is 0.358 e. The highest BCUT2D eigenvalue weighted by Gasteiger charge is 2.20. The van der Waals surface area contributed by atoms with Crippen LogP contribution in [0.1, 0.15) is 39.6 Å². The van der Waals surface area contributed by atoms with Gasteiger partial charge in [0.25, 0.3) is 11.8 Å². The summed E-state index contributed by atoms with van der Waals surface area (Å²) >= 11 is 1.31. The van der Waals surface area contributed by atoms with Crippen LogP contribution in [0.3, 0.4) is 0 Å². The Morgan fingerprint density at radius 3 is 2.61 bits per heavy atom. The number of carbonyl (C=O) groups is 3. The molecule has 0 saturated carbocycles. The number of carbonyl (C=O) groups excluding carboxylic acids is 3. The number of aryl methyl sites for hydroxylation is 1. The van der Waals surface area contributed by atoms with E-state index in [1.807, 2.05) is 13.8 Å². The van der Waals surface area contributed by atoms with Crippen LogP contribution in [-0.2, 0) is 9.53 Å². The standard InChI is InChI=1S/C22H23N3O5S/c1-4-25(5-2)21(27)15-8-6-9-16(12-15)23-18(26)13-30-22(28)19-14(3)31-20(24-19)17-10-7-11-29-17/h6-12H,4-5,13H2,1-3H3,(H,23,26). The zero-order valence-corrected chi connectivity index (χ0v) is 18.3. The third-order valence-corrected chi connectivity index (χ3v) is 5.49. The molecule has 0 fully saturated rings. The molecule has 162 valence electrons.